The van der Waals surface area contributed by atoms with Crippen LogP contribution in [0.5, 0.6) is 0 Å². The van der Waals surface area contributed by atoms with Crippen molar-refractivity contribution in [3.63, 3.8) is 0 Å². The Morgan fingerprint density at radius 3 is 1.28 bits per heavy atom. The molecular formula is C30H36N2. The summed E-state index contributed by atoms with van der Waals surface area (Å²) in [7, 11) is 0. The minimum Gasteiger partial charge on any atom is -0.292 e. The minimum atomic E-state index is 0.872. The molecule has 2 aliphatic rings. The van der Waals surface area contributed by atoms with Crippen LogP contribution in [-0.2, 0) is 0 Å². The second-order valence-corrected chi connectivity index (χ2v) is 9.68. The Labute approximate surface area is 195 Å². The number of benzene rings is 2. The molecule has 0 unspecified atom stereocenters. The zero-order valence-electron chi connectivity index (χ0n) is 19.7. The summed E-state index contributed by atoms with van der Waals surface area (Å²) in [5, 5.41) is 0. The topological polar surface area (TPSA) is 6.48 Å². The van der Waals surface area contributed by atoms with Crippen LogP contribution in [0.4, 0.5) is 0 Å². The van der Waals surface area contributed by atoms with Crippen molar-refractivity contribution in [3.05, 3.63) is 59.7 Å². The van der Waals surface area contributed by atoms with Crippen molar-refractivity contribution in [1.29, 1.82) is 0 Å². The average molecular weight is 425 g/mol. The molecule has 166 valence electrons. The van der Waals surface area contributed by atoms with Crippen LogP contribution >= 0.6 is 0 Å². The summed E-state index contributed by atoms with van der Waals surface area (Å²) in [5.41, 5.74) is 4.63. The van der Waals surface area contributed by atoms with Gasteiger partial charge < -0.3 is 0 Å². The molecule has 32 heavy (non-hydrogen) atoms. The fourth-order valence-electron chi connectivity index (χ4n) is 4.44. The molecule has 0 aliphatic carbocycles. The van der Waals surface area contributed by atoms with E-state index in [2.05, 4.69) is 95.9 Å². The lowest BCUT2D eigenvalue weighted by Crippen LogP contribution is -2.33. The molecule has 2 aromatic carbocycles. The Balaban J connectivity index is 1.28. The van der Waals surface area contributed by atoms with E-state index in [1.165, 1.54) is 63.0 Å². The fraction of sp³-hybridized carbons (Fsp3) is 0.467. The highest BCUT2D eigenvalue weighted by Crippen LogP contribution is 2.20. The maximum absolute atomic E-state index is 3.36. The van der Waals surface area contributed by atoms with Gasteiger partial charge in [-0.15, -0.1) is 0 Å². The van der Waals surface area contributed by atoms with Crippen molar-refractivity contribution in [2.75, 3.05) is 39.3 Å². The number of nitrogens with zero attached hydrogens (tertiary/aromatic N) is 2. The molecule has 0 radical (unpaired) electrons. The van der Waals surface area contributed by atoms with Gasteiger partial charge in [-0.3, -0.25) is 9.80 Å². The summed E-state index contributed by atoms with van der Waals surface area (Å²) < 4.78 is 0. The first-order chi connectivity index (χ1) is 15.7. The predicted molar refractivity (Wildman–Crippen MR) is 135 cm³/mol. The Morgan fingerprint density at radius 1 is 0.594 bits per heavy atom. The first kappa shape index (κ1) is 22.7. The second-order valence-electron chi connectivity index (χ2n) is 9.68. The van der Waals surface area contributed by atoms with Gasteiger partial charge in [0.1, 0.15) is 0 Å². The Morgan fingerprint density at radius 2 is 0.938 bits per heavy atom. The van der Waals surface area contributed by atoms with Crippen LogP contribution in [0, 0.1) is 35.5 Å². The molecule has 2 fully saturated rings. The molecule has 0 aromatic heterocycles. The fourth-order valence-corrected chi connectivity index (χ4v) is 4.44. The first-order valence-corrected chi connectivity index (χ1v) is 12.3. The van der Waals surface area contributed by atoms with Gasteiger partial charge in [0.2, 0.25) is 0 Å². The van der Waals surface area contributed by atoms with Gasteiger partial charge in [-0.1, -0.05) is 61.8 Å². The van der Waals surface area contributed by atoms with Crippen molar-refractivity contribution in [1.82, 2.24) is 9.80 Å². The average Bonchev–Trinajstić information content (AvgIpc) is 2.83. The zero-order chi connectivity index (χ0) is 22.2. The number of hydrogen-bond donors (Lipinski definition) is 0. The van der Waals surface area contributed by atoms with Crippen LogP contribution in [-0.4, -0.2) is 49.1 Å². The predicted octanol–water partition coefficient (Wildman–Crippen LogP) is 5.52. The van der Waals surface area contributed by atoms with Crippen molar-refractivity contribution in [3.8, 4) is 34.8 Å². The van der Waals surface area contributed by atoms with E-state index in [1.807, 2.05) is 0 Å². The van der Waals surface area contributed by atoms with Gasteiger partial charge >= 0.3 is 0 Å². The highest BCUT2D eigenvalue weighted by Gasteiger charge is 2.14. The van der Waals surface area contributed by atoms with E-state index in [4.69, 9.17) is 0 Å². The normalized spacial score (nSPS) is 18.4. The first-order valence-electron chi connectivity index (χ1n) is 12.3. The zero-order valence-corrected chi connectivity index (χ0v) is 19.7. The van der Waals surface area contributed by atoms with Crippen LogP contribution in [0.3, 0.4) is 0 Å². The third-order valence-corrected chi connectivity index (χ3v) is 6.93. The van der Waals surface area contributed by atoms with E-state index in [-0.39, 0.29) is 0 Å². The van der Waals surface area contributed by atoms with Gasteiger partial charge in [0.15, 0.2) is 0 Å². The third kappa shape index (κ3) is 6.74. The molecule has 2 aliphatic heterocycles. The third-order valence-electron chi connectivity index (χ3n) is 6.93. The van der Waals surface area contributed by atoms with E-state index >= 15 is 0 Å². The van der Waals surface area contributed by atoms with E-state index in [1.54, 1.807) is 0 Å². The van der Waals surface area contributed by atoms with Gasteiger partial charge in [-0.25, -0.2) is 0 Å². The van der Waals surface area contributed by atoms with Gasteiger partial charge in [0, 0.05) is 11.1 Å². The molecule has 4 rings (SSSR count). The highest BCUT2D eigenvalue weighted by molar-refractivity contribution is 5.65. The highest BCUT2D eigenvalue weighted by atomic mass is 15.1. The van der Waals surface area contributed by atoms with E-state index in [0.717, 1.165) is 36.1 Å². The number of piperidine rings is 2. The lowest BCUT2D eigenvalue weighted by atomic mass is 9.99. The molecule has 0 bridgehead atoms. The standard InChI is InChI=1S/C30H36N2/c1-25-15-21-31(22-16-25)19-3-5-27-7-11-29(12-8-27)30-13-9-28(10-14-30)6-4-20-32-23-17-26(2)18-24-32/h7-14,25-26H,15-24H2,1-2H3. The van der Waals surface area contributed by atoms with Crippen molar-refractivity contribution < 1.29 is 0 Å². The van der Waals surface area contributed by atoms with Gasteiger partial charge in [0.05, 0.1) is 13.1 Å². The van der Waals surface area contributed by atoms with E-state index in [0.29, 0.717) is 0 Å². The van der Waals surface area contributed by atoms with Crippen LogP contribution in [0.15, 0.2) is 48.5 Å². The summed E-state index contributed by atoms with van der Waals surface area (Å²) in [5.74, 6) is 15.1. The second kappa shape index (κ2) is 11.4. The molecular weight excluding hydrogens is 388 g/mol. The van der Waals surface area contributed by atoms with E-state index < -0.39 is 0 Å². The van der Waals surface area contributed by atoms with Gasteiger partial charge in [-0.05, 0) is 99.1 Å². The molecule has 2 heteroatoms. The van der Waals surface area contributed by atoms with Gasteiger partial charge in [0.25, 0.3) is 0 Å². The van der Waals surface area contributed by atoms with Crippen LogP contribution in [0.25, 0.3) is 11.1 Å². The largest absolute Gasteiger partial charge is 0.292 e. The number of hydrogen-bond acceptors (Lipinski definition) is 2. The molecule has 2 saturated heterocycles. The Bertz CT molecular complexity index is 882. The molecule has 0 N–H and O–H groups in total. The molecule has 2 heterocycles. The smallest absolute Gasteiger partial charge is 0.0605 e. The van der Waals surface area contributed by atoms with Crippen LogP contribution in [0.1, 0.15) is 50.7 Å². The quantitative estimate of drug-likeness (QED) is 0.599. The van der Waals surface area contributed by atoms with E-state index in [9.17, 15) is 0 Å². The molecule has 2 nitrogen and oxygen atoms in total. The minimum absolute atomic E-state index is 0.872. The maximum Gasteiger partial charge on any atom is 0.0605 e. The van der Waals surface area contributed by atoms with Crippen molar-refractivity contribution >= 4 is 0 Å². The van der Waals surface area contributed by atoms with Crippen molar-refractivity contribution in [2.45, 2.75) is 39.5 Å². The lowest BCUT2D eigenvalue weighted by molar-refractivity contribution is 0.213. The molecule has 0 saturated carbocycles. The summed E-state index contributed by atoms with van der Waals surface area (Å²) >= 11 is 0. The number of likely N-dealkylation sites (tertiary alicyclic amines) is 2. The summed E-state index contributed by atoms with van der Waals surface area (Å²) in [4.78, 5) is 4.94. The monoisotopic (exact) mass is 424 g/mol. The Hall–Kier alpha value is -2.52. The van der Waals surface area contributed by atoms with Crippen molar-refractivity contribution in [2.24, 2.45) is 11.8 Å². The number of rotatable bonds is 3. The Kier molecular flexibility index (Phi) is 8.06. The lowest BCUT2D eigenvalue weighted by Gasteiger charge is -2.28. The molecule has 0 atom stereocenters. The van der Waals surface area contributed by atoms with Gasteiger partial charge in [-0.2, -0.15) is 0 Å². The van der Waals surface area contributed by atoms with Crippen LogP contribution < -0.4 is 0 Å². The summed E-state index contributed by atoms with van der Waals surface area (Å²) in [6.07, 6.45) is 5.22. The molecule has 0 amide bonds. The van der Waals surface area contributed by atoms with Crippen LogP contribution in [0.2, 0.25) is 0 Å². The maximum atomic E-state index is 3.36. The summed E-state index contributed by atoms with van der Waals surface area (Å²) in [6, 6.07) is 17.2. The molecule has 2 aromatic rings. The summed E-state index contributed by atoms with van der Waals surface area (Å²) in [6.45, 7) is 11.2. The SMILES string of the molecule is CC1CCN(CC#Cc2ccc(-c3ccc(C#CCN4CCC(C)CC4)cc3)cc2)CC1. The molecule has 0 spiro atoms.